The van der Waals surface area contributed by atoms with Crippen molar-refractivity contribution in [2.75, 3.05) is 18.6 Å². The van der Waals surface area contributed by atoms with Crippen molar-refractivity contribution in [3.63, 3.8) is 0 Å². The number of nitrogens with zero attached hydrogens (tertiary/aromatic N) is 2. The molecule has 0 amide bonds. The van der Waals surface area contributed by atoms with Crippen molar-refractivity contribution >= 4 is 5.69 Å². The first kappa shape index (κ1) is 11.7. The second kappa shape index (κ2) is 4.64. The summed E-state index contributed by atoms with van der Waals surface area (Å²) in [5.41, 5.74) is 1.58. The number of aliphatic hydroxyl groups is 1. The van der Waals surface area contributed by atoms with Gasteiger partial charge in [0.05, 0.1) is 23.4 Å². The van der Waals surface area contributed by atoms with Crippen molar-refractivity contribution in [3.05, 3.63) is 23.8 Å². The van der Waals surface area contributed by atoms with Crippen LogP contribution in [0.5, 0.6) is 5.75 Å². The summed E-state index contributed by atoms with van der Waals surface area (Å²) in [6.45, 7) is 2.18. The number of hydrogen-bond donors (Lipinski definition) is 1. The molecule has 90 valence electrons. The molecule has 0 spiro atoms. The molecule has 4 heteroatoms. The Morgan fingerprint density at radius 3 is 2.94 bits per heavy atom. The lowest BCUT2D eigenvalue weighted by Gasteiger charge is -2.39. The van der Waals surface area contributed by atoms with Crippen LogP contribution in [0.4, 0.5) is 5.69 Å². The maximum atomic E-state index is 9.02. The van der Waals surface area contributed by atoms with Gasteiger partial charge in [0.25, 0.3) is 0 Å². The topological polar surface area (TPSA) is 56.5 Å². The molecule has 1 heterocycles. The first-order valence-electron chi connectivity index (χ1n) is 5.72. The number of rotatable bonds is 2. The lowest BCUT2D eigenvalue weighted by Crippen LogP contribution is -2.46. The fourth-order valence-corrected chi connectivity index (χ4v) is 2.13. The smallest absolute Gasteiger partial charge is 0.144 e. The van der Waals surface area contributed by atoms with Gasteiger partial charge in [-0.2, -0.15) is 5.26 Å². The molecule has 1 N–H and O–H groups in total. The predicted molar refractivity (Wildman–Crippen MR) is 65.1 cm³/mol. The van der Waals surface area contributed by atoms with Gasteiger partial charge in [-0.05, 0) is 19.1 Å². The summed E-state index contributed by atoms with van der Waals surface area (Å²) in [7, 11) is 2.00. The lowest BCUT2D eigenvalue weighted by atomic mass is 10.0. The van der Waals surface area contributed by atoms with Gasteiger partial charge in [-0.25, -0.2) is 0 Å². The van der Waals surface area contributed by atoms with E-state index >= 15 is 0 Å². The zero-order valence-corrected chi connectivity index (χ0v) is 10.1. The van der Waals surface area contributed by atoms with E-state index in [0.29, 0.717) is 12.0 Å². The number of anilines is 1. The van der Waals surface area contributed by atoms with Crippen LogP contribution in [-0.2, 0) is 0 Å². The van der Waals surface area contributed by atoms with E-state index in [1.54, 1.807) is 12.1 Å². The van der Waals surface area contributed by atoms with Crippen LogP contribution >= 0.6 is 0 Å². The highest BCUT2D eigenvalue weighted by Gasteiger charge is 2.30. The molecule has 1 aliphatic rings. The fraction of sp³-hybridized carbons (Fsp3) is 0.462. The Balaban J connectivity index is 2.35. The molecule has 0 fully saturated rings. The van der Waals surface area contributed by atoms with Crippen LogP contribution in [0.3, 0.4) is 0 Å². The van der Waals surface area contributed by atoms with Crippen LogP contribution in [-0.4, -0.2) is 30.9 Å². The van der Waals surface area contributed by atoms with Gasteiger partial charge in [0.2, 0.25) is 0 Å². The van der Waals surface area contributed by atoms with E-state index < -0.39 is 0 Å². The summed E-state index contributed by atoms with van der Waals surface area (Å²) in [5, 5.41) is 17.9. The van der Waals surface area contributed by atoms with E-state index in [1.807, 2.05) is 13.1 Å². The van der Waals surface area contributed by atoms with Crippen molar-refractivity contribution in [1.29, 1.82) is 5.26 Å². The summed E-state index contributed by atoms with van der Waals surface area (Å²) in [6, 6.07) is 7.76. The summed E-state index contributed by atoms with van der Waals surface area (Å²) in [4.78, 5) is 2.13. The second-order valence-electron chi connectivity index (χ2n) is 4.31. The molecule has 0 aromatic heterocycles. The lowest BCUT2D eigenvalue weighted by molar-refractivity contribution is 0.124. The normalized spacial score (nSPS) is 22.6. The van der Waals surface area contributed by atoms with Crippen LogP contribution in [0.1, 0.15) is 18.9 Å². The van der Waals surface area contributed by atoms with Gasteiger partial charge in [-0.1, -0.05) is 0 Å². The minimum Gasteiger partial charge on any atom is -0.486 e. The van der Waals surface area contributed by atoms with Gasteiger partial charge in [0.15, 0.2) is 0 Å². The number of aliphatic hydroxyl groups excluding tert-OH is 1. The molecule has 2 atom stereocenters. The van der Waals surface area contributed by atoms with Crippen molar-refractivity contribution in [2.45, 2.75) is 25.5 Å². The summed E-state index contributed by atoms with van der Waals surface area (Å²) >= 11 is 0. The molecule has 2 rings (SSSR count). The van der Waals surface area contributed by atoms with E-state index in [9.17, 15) is 0 Å². The molecule has 1 aromatic carbocycles. The van der Waals surface area contributed by atoms with E-state index in [4.69, 9.17) is 15.1 Å². The quantitative estimate of drug-likeness (QED) is 0.840. The fourth-order valence-electron chi connectivity index (χ4n) is 2.13. The highest BCUT2D eigenvalue weighted by molar-refractivity contribution is 5.63. The first-order chi connectivity index (χ1) is 8.17. The zero-order valence-electron chi connectivity index (χ0n) is 10.1. The predicted octanol–water partition coefficient (Wildman–Crippen LogP) is 1.53. The van der Waals surface area contributed by atoms with E-state index in [1.165, 1.54) is 0 Å². The van der Waals surface area contributed by atoms with Crippen LogP contribution in [0.25, 0.3) is 0 Å². The van der Waals surface area contributed by atoms with Crippen LogP contribution in [0, 0.1) is 11.3 Å². The molecular formula is C13H16N2O2. The molecule has 0 saturated heterocycles. The van der Waals surface area contributed by atoms with E-state index in [2.05, 4.69) is 17.9 Å². The minimum absolute atomic E-state index is 0.0357. The maximum absolute atomic E-state index is 9.02. The first-order valence-corrected chi connectivity index (χ1v) is 5.72. The minimum atomic E-state index is -0.0357. The van der Waals surface area contributed by atoms with Crippen molar-refractivity contribution in [3.8, 4) is 11.8 Å². The van der Waals surface area contributed by atoms with E-state index in [0.717, 1.165) is 11.4 Å². The monoisotopic (exact) mass is 232 g/mol. The van der Waals surface area contributed by atoms with Gasteiger partial charge >= 0.3 is 0 Å². The van der Waals surface area contributed by atoms with Crippen molar-refractivity contribution < 1.29 is 9.84 Å². The van der Waals surface area contributed by atoms with Crippen molar-refractivity contribution in [2.24, 2.45) is 0 Å². The third kappa shape index (κ3) is 2.06. The summed E-state index contributed by atoms with van der Waals surface area (Å²) in [5.74, 6) is 0.725. The molecule has 2 unspecified atom stereocenters. The molecule has 0 bridgehead atoms. The Kier molecular flexibility index (Phi) is 3.21. The second-order valence-corrected chi connectivity index (χ2v) is 4.31. The van der Waals surface area contributed by atoms with Crippen LogP contribution in [0.15, 0.2) is 18.2 Å². The Morgan fingerprint density at radius 2 is 2.29 bits per heavy atom. The third-order valence-electron chi connectivity index (χ3n) is 3.31. The number of benzene rings is 1. The van der Waals surface area contributed by atoms with Gasteiger partial charge in [-0.3, -0.25) is 0 Å². The van der Waals surface area contributed by atoms with Crippen molar-refractivity contribution in [1.82, 2.24) is 0 Å². The Bertz CT molecular complexity index is 453. The molecule has 17 heavy (non-hydrogen) atoms. The van der Waals surface area contributed by atoms with Gasteiger partial charge < -0.3 is 14.7 Å². The van der Waals surface area contributed by atoms with E-state index in [-0.39, 0.29) is 18.8 Å². The summed E-state index contributed by atoms with van der Waals surface area (Å²) in [6.07, 6.45) is 0.563. The van der Waals surface area contributed by atoms with Gasteiger partial charge in [0.1, 0.15) is 11.9 Å². The number of likely N-dealkylation sites (N-methyl/N-ethyl adjacent to an activating group) is 1. The Labute approximate surface area is 101 Å². The summed E-state index contributed by atoms with van der Waals surface area (Å²) < 4.78 is 5.84. The highest BCUT2D eigenvalue weighted by Crippen LogP contribution is 2.36. The number of hydrogen-bond acceptors (Lipinski definition) is 4. The van der Waals surface area contributed by atoms with Crippen LogP contribution in [0.2, 0.25) is 0 Å². The third-order valence-corrected chi connectivity index (χ3v) is 3.31. The SMILES string of the molecule is CC1C(CCO)Oc2cc(C#N)ccc2N1C. The Hall–Kier alpha value is -1.73. The number of fused-ring (bicyclic) bond motifs is 1. The Morgan fingerprint density at radius 1 is 1.53 bits per heavy atom. The van der Waals surface area contributed by atoms with Gasteiger partial charge in [0, 0.05) is 26.1 Å². The average molecular weight is 232 g/mol. The molecule has 1 aromatic rings. The number of nitriles is 1. The molecular weight excluding hydrogens is 216 g/mol. The largest absolute Gasteiger partial charge is 0.486 e. The highest BCUT2D eigenvalue weighted by atomic mass is 16.5. The van der Waals surface area contributed by atoms with Gasteiger partial charge in [-0.15, -0.1) is 0 Å². The molecule has 0 saturated carbocycles. The molecule has 0 aliphatic carbocycles. The molecule has 0 radical (unpaired) electrons. The molecule has 1 aliphatic heterocycles. The standard InChI is InChI=1S/C13H16N2O2/c1-9-12(5-6-16)17-13-7-10(8-14)3-4-11(13)15(9)2/h3-4,7,9,12,16H,5-6H2,1-2H3. The molecule has 4 nitrogen and oxygen atoms in total. The van der Waals surface area contributed by atoms with Crippen LogP contribution < -0.4 is 9.64 Å². The average Bonchev–Trinajstić information content (AvgIpc) is 2.35. The zero-order chi connectivity index (χ0) is 12.4. The maximum Gasteiger partial charge on any atom is 0.144 e. The number of ether oxygens (including phenoxy) is 1.